The van der Waals surface area contributed by atoms with Crippen LogP contribution < -0.4 is 5.56 Å². The van der Waals surface area contributed by atoms with E-state index in [0.29, 0.717) is 27.7 Å². The van der Waals surface area contributed by atoms with Gasteiger partial charge >= 0.3 is 0 Å². The number of benzene rings is 3. The fraction of sp³-hybridized carbons (Fsp3) is 0. The Labute approximate surface area is 195 Å². The van der Waals surface area contributed by atoms with Crippen LogP contribution in [0.5, 0.6) is 0 Å². The molecule has 0 spiro atoms. The lowest BCUT2D eigenvalue weighted by atomic mass is 10.2. The fourth-order valence-electron chi connectivity index (χ4n) is 3.81. The molecule has 0 atom stereocenters. The maximum absolute atomic E-state index is 13.6. The molecule has 0 unspecified atom stereocenters. The van der Waals surface area contributed by atoms with Crippen LogP contribution in [-0.2, 0) is 0 Å². The number of hydrogen-bond acceptors (Lipinski definition) is 5. The minimum absolute atomic E-state index is 0.225. The van der Waals surface area contributed by atoms with Crippen molar-refractivity contribution in [2.75, 3.05) is 0 Å². The molecule has 3 heterocycles. The van der Waals surface area contributed by atoms with Crippen molar-refractivity contribution in [3.63, 3.8) is 0 Å². The zero-order valence-corrected chi connectivity index (χ0v) is 18.7. The Hall–Kier alpha value is -4.17. The van der Waals surface area contributed by atoms with Crippen molar-refractivity contribution in [1.82, 2.24) is 24.2 Å². The summed E-state index contributed by atoms with van der Waals surface area (Å²) in [5, 5.41) is 5.02. The molecule has 0 aliphatic rings. The first-order valence-corrected chi connectivity index (χ1v) is 11.0. The third kappa shape index (κ3) is 3.32. The number of fused-ring (bicyclic) bond motifs is 4. The molecule has 3 aromatic carbocycles. The minimum Gasteiger partial charge on any atom is -0.268 e. The Morgan fingerprint density at radius 3 is 2.39 bits per heavy atom. The van der Waals surface area contributed by atoms with Crippen molar-refractivity contribution in [2.24, 2.45) is 5.10 Å². The molecule has 7 nitrogen and oxygen atoms in total. The second-order valence-electron chi connectivity index (χ2n) is 7.45. The lowest BCUT2D eigenvalue weighted by Crippen LogP contribution is -2.18. The first kappa shape index (κ1) is 19.5. The van der Waals surface area contributed by atoms with Gasteiger partial charge in [-0.2, -0.15) is 9.78 Å². The van der Waals surface area contributed by atoms with Crippen molar-refractivity contribution in [3.8, 4) is 5.69 Å². The van der Waals surface area contributed by atoms with Gasteiger partial charge in [-0.3, -0.25) is 9.36 Å². The van der Waals surface area contributed by atoms with Gasteiger partial charge in [0.1, 0.15) is 17.2 Å². The summed E-state index contributed by atoms with van der Waals surface area (Å²) in [7, 11) is 0. The summed E-state index contributed by atoms with van der Waals surface area (Å²) in [5.41, 5.74) is 4.17. The van der Waals surface area contributed by atoms with E-state index in [4.69, 9.17) is 9.97 Å². The van der Waals surface area contributed by atoms with E-state index in [1.165, 1.54) is 10.9 Å². The lowest BCUT2D eigenvalue weighted by Gasteiger charge is -2.04. The third-order valence-electron chi connectivity index (χ3n) is 5.35. The first-order chi connectivity index (χ1) is 16.2. The van der Waals surface area contributed by atoms with Gasteiger partial charge in [-0.25, -0.2) is 15.0 Å². The van der Waals surface area contributed by atoms with Gasteiger partial charge < -0.3 is 0 Å². The number of nitrogens with zero attached hydrogens (tertiary/aromatic N) is 6. The number of para-hydroxylation sites is 3. The van der Waals surface area contributed by atoms with Crippen LogP contribution in [0.4, 0.5) is 0 Å². The number of hydrogen-bond donors (Lipinski definition) is 0. The highest BCUT2D eigenvalue weighted by molar-refractivity contribution is 9.10. The van der Waals surface area contributed by atoms with E-state index >= 15 is 0 Å². The molecule has 0 bridgehead atoms. The van der Waals surface area contributed by atoms with Crippen molar-refractivity contribution in [3.05, 3.63) is 106 Å². The van der Waals surface area contributed by atoms with Crippen molar-refractivity contribution in [2.45, 2.75) is 0 Å². The molecule has 0 N–H and O–H groups in total. The predicted octanol–water partition coefficient (Wildman–Crippen LogP) is 4.93. The van der Waals surface area contributed by atoms with E-state index in [1.54, 1.807) is 10.9 Å². The van der Waals surface area contributed by atoms with Gasteiger partial charge in [0.05, 0.1) is 22.9 Å². The minimum atomic E-state index is -0.225. The van der Waals surface area contributed by atoms with Crippen LogP contribution >= 0.6 is 15.9 Å². The van der Waals surface area contributed by atoms with Gasteiger partial charge in [0, 0.05) is 4.47 Å². The van der Waals surface area contributed by atoms with E-state index in [2.05, 4.69) is 26.0 Å². The SMILES string of the molecule is O=c1c2c3nc4ccccc4nc3n(/N=C\c3cccc(Br)c3)c2ncn1-c1ccccc1. The molecule has 3 aromatic heterocycles. The molecule has 0 saturated carbocycles. The standard InChI is InChI=1S/C25H15BrN6O/c26-17-8-6-7-16(13-17)14-28-32-23-21(22-24(32)30-20-12-5-4-11-19(20)29-22)25(33)31(15-27-23)18-9-2-1-3-10-18/h1-15H/b28-14-. The fourth-order valence-corrected chi connectivity index (χ4v) is 4.23. The number of rotatable bonds is 3. The second kappa shape index (κ2) is 7.75. The average Bonchev–Trinajstić information content (AvgIpc) is 3.15. The topological polar surface area (TPSA) is 78.0 Å². The van der Waals surface area contributed by atoms with Crippen LogP contribution in [0.25, 0.3) is 38.9 Å². The van der Waals surface area contributed by atoms with Crippen molar-refractivity contribution < 1.29 is 0 Å². The van der Waals surface area contributed by atoms with Crippen molar-refractivity contribution >= 4 is 55.4 Å². The summed E-state index contributed by atoms with van der Waals surface area (Å²) in [6, 6.07) is 24.7. The summed E-state index contributed by atoms with van der Waals surface area (Å²) in [6.45, 7) is 0. The molecule has 33 heavy (non-hydrogen) atoms. The molecule has 6 aromatic rings. The average molecular weight is 495 g/mol. The Balaban J connectivity index is 1.68. The van der Waals surface area contributed by atoms with Crippen LogP contribution in [0.15, 0.2) is 99.6 Å². The van der Waals surface area contributed by atoms with E-state index in [0.717, 1.165) is 21.2 Å². The summed E-state index contributed by atoms with van der Waals surface area (Å²) < 4.78 is 4.05. The molecular weight excluding hydrogens is 480 g/mol. The van der Waals surface area contributed by atoms with E-state index in [-0.39, 0.29) is 5.56 Å². The van der Waals surface area contributed by atoms with Crippen LogP contribution in [0.2, 0.25) is 0 Å². The molecule has 0 fully saturated rings. The summed E-state index contributed by atoms with van der Waals surface area (Å²) in [5.74, 6) is 0. The van der Waals surface area contributed by atoms with E-state index in [9.17, 15) is 4.79 Å². The lowest BCUT2D eigenvalue weighted by molar-refractivity contribution is 0.906. The van der Waals surface area contributed by atoms with Crippen LogP contribution in [0, 0.1) is 0 Å². The van der Waals surface area contributed by atoms with Gasteiger partial charge in [0.2, 0.25) is 0 Å². The second-order valence-corrected chi connectivity index (χ2v) is 8.37. The highest BCUT2D eigenvalue weighted by atomic mass is 79.9. The molecule has 0 amide bonds. The largest absolute Gasteiger partial charge is 0.269 e. The number of aromatic nitrogens is 5. The van der Waals surface area contributed by atoms with Crippen LogP contribution in [-0.4, -0.2) is 30.4 Å². The molecule has 158 valence electrons. The smallest absolute Gasteiger partial charge is 0.268 e. The molecule has 0 radical (unpaired) electrons. The molecule has 0 aliphatic heterocycles. The zero-order chi connectivity index (χ0) is 22.4. The maximum atomic E-state index is 13.6. The summed E-state index contributed by atoms with van der Waals surface area (Å²) >= 11 is 3.48. The Morgan fingerprint density at radius 1 is 0.848 bits per heavy atom. The van der Waals surface area contributed by atoms with E-state index in [1.807, 2.05) is 78.9 Å². The summed E-state index contributed by atoms with van der Waals surface area (Å²) in [4.78, 5) is 27.7. The van der Waals surface area contributed by atoms with Gasteiger partial charge in [-0.1, -0.05) is 58.4 Å². The van der Waals surface area contributed by atoms with Gasteiger partial charge in [0.25, 0.3) is 5.56 Å². The Kier molecular flexibility index (Phi) is 4.58. The normalized spacial score (nSPS) is 11.8. The first-order valence-electron chi connectivity index (χ1n) is 10.2. The molecular formula is C25H15BrN6O. The highest BCUT2D eigenvalue weighted by Crippen LogP contribution is 2.25. The van der Waals surface area contributed by atoms with Gasteiger partial charge in [0.15, 0.2) is 11.3 Å². The Morgan fingerprint density at radius 2 is 1.61 bits per heavy atom. The Bertz CT molecular complexity index is 1750. The maximum Gasteiger partial charge on any atom is 0.269 e. The van der Waals surface area contributed by atoms with E-state index < -0.39 is 0 Å². The molecule has 0 aliphatic carbocycles. The molecule has 6 rings (SSSR count). The van der Waals surface area contributed by atoms with Crippen LogP contribution in [0.3, 0.4) is 0 Å². The van der Waals surface area contributed by atoms with Gasteiger partial charge in [-0.05, 0) is 42.0 Å². The summed E-state index contributed by atoms with van der Waals surface area (Å²) in [6.07, 6.45) is 3.23. The molecule has 0 saturated heterocycles. The van der Waals surface area contributed by atoms with Crippen LogP contribution in [0.1, 0.15) is 5.56 Å². The van der Waals surface area contributed by atoms with Gasteiger partial charge in [-0.15, -0.1) is 0 Å². The highest BCUT2D eigenvalue weighted by Gasteiger charge is 2.20. The predicted molar refractivity (Wildman–Crippen MR) is 133 cm³/mol. The number of halogens is 1. The van der Waals surface area contributed by atoms with Crippen molar-refractivity contribution in [1.29, 1.82) is 0 Å². The quantitative estimate of drug-likeness (QED) is 0.327. The molecule has 8 heteroatoms. The monoisotopic (exact) mass is 494 g/mol. The third-order valence-corrected chi connectivity index (χ3v) is 5.84. The zero-order valence-electron chi connectivity index (χ0n) is 17.1.